The molecule has 0 aliphatic rings. The number of aromatic hydroxyl groups is 1. The van der Waals surface area contributed by atoms with Crippen LogP contribution in [-0.4, -0.2) is 10.1 Å². The van der Waals surface area contributed by atoms with Gasteiger partial charge in [0.05, 0.1) is 0 Å². The first kappa shape index (κ1) is 12.7. The molecule has 20 heavy (non-hydrogen) atoms. The van der Waals surface area contributed by atoms with Crippen molar-refractivity contribution in [3.8, 4) is 5.75 Å². The highest BCUT2D eigenvalue weighted by Crippen LogP contribution is 2.21. The number of benzene rings is 2. The first-order valence-electron chi connectivity index (χ1n) is 6.93. The van der Waals surface area contributed by atoms with Gasteiger partial charge in [-0.25, -0.2) is 4.98 Å². The quantitative estimate of drug-likeness (QED) is 0.708. The van der Waals surface area contributed by atoms with Crippen molar-refractivity contribution in [1.29, 1.82) is 0 Å². The van der Waals surface area contributed by atoms with Gasteiger partial charge in [-0.05, 0) is 37.0 Å². The van der Waals surface area contributed by atoms with Crippen LogP contribution in [0.5, 0.6) is 5.75 Å². The fraction of sp³-hybridized carbons (Fsp3) is 0.235. The van der Waals surface area contributed by atoms with E-state index >= 15 is 0 Å². The summed E-state index contributed by atoms with van der Waals surface area (Å²) in [5.41, 5.74) is 2.83. The first-order valence-corrected chi connectivity index (χ1v) is 6.93. The Kier molecular flexibility index (Phi) is 3.68. The number of oxazole rings is 1. The molecule has 0 unspecified atom stereocenters. The highest BCUT2D eigenvalue weighted by molar-refractivity contribution is 5.74. The summed E-state index contributed by atoms with van der Waals surface area (Å²) in [5.74, 6) is 0.961. The minimum Gasteiger partial charge on any atom is -0.508 e. The maximum absolute atomic E-state index is 9.39. The molecule has 2 aromatic carbocycles. The van der Waals surface area contributed by atoms with E-state index in [2.05, 4.69) is 29.2 Å². The summed E-state index contributed by atoms with van der Waals surface area (Å²) in [6.07, 6.45) is 4.09. The lowest BCUT2D eigenvalue weighted by Crippen LogP contribution is -1.89. The van der Waals surface area contributed by atoms with Gasteiger partial charge in [-0.15, -0.1) is 0 Å². The smallest absolute Gasteiger partial charge is 0.195 e. The normalized spacial score (nSPS) is 11.0. The van der Waals surface area contributed by atoms with Crippen LogP contribution >= 0.6 is 0 Å². The van der Waals surface area contributed by atoms with E-state index in [-0.39, 0.29) is 5.75 Å². The highest BCUT2D eigenvalue weighted by atomic mass is 16.3. The van der Waals surface area contributed by atoms with Crippen LogP contribution in [0.4, 0.5) is 0 Å². The lowest BCUT2D eigenvalue weighted by molar-refractivity contribution is 0.472. The van der Waals surface area contributed by atoms with Crippen molar-refractivity contribution in [3.05, 3.63) is 60.0 Å². The van der Waals surface area contributed by atoms with Gasteiger partial charge >= 0.3 is 0 Å². The molecule has 3 rings (SSSR count). The van der Waals surface area contributed by atoms with Crippen molar-refractivity contribution in [2.24, 2.45) is 0 Å². The second-order valence-electron chi connectivity index (χ2n) is 4.95. The zero-order valence-corrected chi connectivity index (χ0v) is 11.2. The maximum atomic E-state index is 9.39. The van der Waals surface area contributed by atoms with Gasteiger partial charge in [-0.2, -0.15) is 0 Å². The molecule has 0 radical (unpaired) electrons. The van der Waals surface area contributed by atoms with Crippen LogP contribution in [0.3, 0.4) is 0 Å². The minimum atomic E-state index is 0.212. The second-order valence-corrected chi connectivity index (χ2v) is 4.95. The van der Waals surface area contributed by atoms with Crippen LogP contribution < -0.4 is 0 Å². The van der Waals surface area contributed by atoms with Crippen LogP contribution in [0.25, 0.3) is 11.1 Å². The molecule has 3 nitrogen and oxygen atoms in total. The Morgan fingerprint density at radius 2 is 1.75 bits per heavy atom. The van der Waals surface area contributed by atoms with Crippen molar-refractivity contribution >= 4 is 11.1 Å². The lowest BCUT2D eigenvalue weighted by Gasteiger charge is -1.99. The van der Waals surface area contributed by atoms with E-state index in [1.54, 1.807) is 18.2 Å². The number of phenols is 1. The molecule has 0 fully saturated rings. The van der Waals surface area contributed by atoms with E-state index in [1.165, 1.54) is 5.56 Å². The highest BCUT2D eigenvalue weighted by Gasteiger charge is 2.06. The van der Waals surface area contributed by atoms with Crippen LogP contribution in [0.2, 0.25) is 0 Å². The van der Waals surface area contributed by atoms with Crippen LogP contribution in [0.1, 0.15) is 24.3 Å². The Hall–Kier alpha value is -2.29. The molecule has 0 aliphatic heterocycles. The predicted molar refractivity (Wildman–Crippen MR) is 78.8 cm³/mol. The number of rotatable bonds is 5. The molecule has 1 N–H and O–H groups in total. The zero-order valence-electron chi connectivity index (χ0n) is 11.2. The van der Waals surface area contributed by atoms with E-state index < -0.39 is 0 Å². The van der Waals surface area contributed by atoms with E-state index in [4.69, 9.17) is 4.42 Å². The van der Waals surface area contributed by atoms with Crippen molar-refractivity contribution in [3.63, 3.8) is 0 Å². The fourth-order valence-electron chi connectivity index (χ4n) is 2.32. The van der Waals surface area contributed by atoms with Gasteiger partial charge in [0.2, 0.25) is 0 Å². The molecule has 0 amide bonds. The number of fused-ring (bicyclic) bond motifs is 1. The van der Waals surface area contributed by atoms with Crippen LogP contribution in [-0.2, 0) is 12.8 Å². The number of hydrogen-bond donors (Lipinski definition) is 1. The molecular weight excluding hydrogens is 250 g/mol. The average molecular weight is 267 g/mol. The van der Waals surface area contributed by atoms with Crippen molar-refractivity contribution in [1.82, 2.24) is 4.98 Å². The Labute approximate surface area is 117 Å². The Balaban J connectivity index is 1.55. The molecule has 0 bridgehead atoms. The molecule has 3 aromatic rings. The van der Waals surface area contributed by atoms with E-state index in [9.17, 15) is 5.11 Å². The number of unbranched alkanes of at least 4 members (excludes halogenated alkanes) is 1. The molecule has 1 aromatic heterocycles. The van der Waals surface area contributed by atoms with Gasteiger partial charge in [0.15, 0.2) is 11.5 Å². The summed E-state index contributed by atoms with van der Waals surface area (Å²) >= 11 is 0. The molecule has 0 aliphatic carbocycles. The van der Waals surface area contributed by atoms with Crippen molar-refractivity contribution < 1.29 is 9.52 Å². The van der Waals surface area contributed by atoms with Gasteiger partial charge in [0.25, 0.3) is 0 Å². The summed E-state index contributed by atoms with van der Waals surface area (Å²) in [4.78, 5) is 4.42. The van der Waals surface area contributed by atoms with Crippen LogP contribution in [0.15, 0.2) is 52.9 Å². The van der Waals surface area contributed by atoms with Gasteiger partial charge in [0, 0.05) is 12.5 Å². The molecule has 102 valence electrons. The van der Waals surface area contributed by atoms with E-state index in [0.717, 1.165) is 37.1 Å². The third-order valence-electron chi connectivity index (χ3n) is 3.37. The molecular formula is C17H17NO2. The number of nitrogens with zero attached hydrogens (tertiary/aromatic N) is 1. The summed E-state index contributed by atoms with van der Waals surface area (Å²) < 4.78 is 5.63. The molecule has 0 saturated heterocycles. The Morgan fingerprint density at radius 1 is 0.950 bits per heavy atom. The topological polar surface area (TPSA) is 46.3 Å². The largest absolute Gasteiger partial charge is 0.508 e. The van der Waals surface area contributed by atoms with Crippen LogP contribution in [0, 0.1) is 0 Å². The summed E-state index contributed by atoms with van der Waals surface area (Å²) in [5, 5.41) is 9.39. The Morgan fingerprint density at radius 3 is 2.60 bits per heavy atom. The number of aryl methyl sites for hydroxylation is 2. The minimum absolute atomic E-state index is 0.212. The van der Waals surface area contributed by atoms with Crippen molar-refractivity contribution in [2.45, 2.75) is 25.7 Å². The third-order valence-corrected chi connectivity index (χ3v) is 3.37. The molecule has 0 saturated carbocycles. The van der Waals surface area contributed by atoms with Gasteiger partial charge in [0.1, 0.15) is 11.3 Å². The first-order chi connectivity index (χ1) is 9.81. The van der Waals surface area contributed by atoms with Crippen molar-refractivity contribution in [2.75, 3.05) is 0 Å². The number of aromatic nitrogens is 1. The maximum Gasteiger partial charge on any atom is 0.195 e. The fourth-order valence-corrected chi connectivity index (χ4v) is 2.32. The van der Waals surface area contributed by atoms with E-state index in [1.807, 2.05) is 6.07 Å². The summed E-state index contributed by atoms with van der Waals surface area (Å²) in [6.45, 7) is 0. The second kappa shape index (κ2) is 5.78. The SMILES string of the molecule is Oc1ccc2nc(CCCCc3ccccc3)oc2c1. The predicted octanol–water partition coefficient (Wildman–Crippen LogP) is 4.10. The summed E-state index contributed by atoms with van der Waals surface area (Å²) in [7, 11) is 0. The molecule has 1 heterocycles. The third kappa shape index (κ3) is 2.99. The molecule has 0 atom stereocenters. The molecule has 3 heteroatoms. The van der Waals surface area contributed by atoms with Gasteiger partial charge < -0.3 is 9.52 Å². The monoisotopic (exact) mass is 267 g/mol. The van der Waals surface area contributed by atoms with Gasteiger partial charge in [-0.1, -0.05) is 30.3 Å². The molecule has 0 spiro atoms. The average Bonchev–Trinajstić information content (AvgIpc) is 2.86. The van der Waals surface area contributed by atoms with Gasteiger partial charge in [-0.3, -0.25) is 0 Å². The van der Waals surface area contributed by atoms with E-state index in [0.29, 0.717) is 5.58 Å². The summed E-state index contributed by atoms with van der Waals surface area (Å²) in [6, 6.07) is 15.5. The number of hydrogen-bond acceptors (Lipinski definition) is 3. The standard InChI is InChI=1S/C17H17NO2/c19-14-10-11-15-16(12-14)20-17(18-15)9-5-4-8-13-6-2-1-3-7-13/h1-3,6-7,10-12,19H,4-5,8-9H2. The lowest BCUT2D eigenvalue weighted by atomic mass is 10.1. The zero-order chi connectivity index (χ0) is 13.8. The number of phenolic OH excluding ortho intramolecular Hbond substituents is 1. The Bertz CT molecular complexity index is 689.